The highest BCUT2D eigenvalue weighted by atomic mass is 32.2. The van der Waals surface area contributed by atoms with E-state index in [4.69, 9.17) is 9.47 Å². The molecule has 0 saturated heterocycles. The highest BCUT2D eigenvalue weighted by Crippen LogP contribution is 2.29. The fourth-order valence-electron chi connectivity index (χ4n) is 2.52. The lowest BCUT2D eigenvalue weighted by Gasteiger charge is -2.12. The Morgan fingerprint density at radius 2 is 1.75 bits per heavy atom. The van der Waals surface area contributed by atoms with Gasteiger partial charge in [-0.25, -0.2) is 4.39 Å². The van der Waals surface area contributed by atoms with Gasteiger partial charge in [-0.2, -0.15) is 0 Å². The number of carbonyl (C=O) groups excluding carboxylic acids is 1. The molecule has 0 radical (unpaired) electrons. The Morgan fingerprint density at radius 3 is 2.50 bits per heavy atom. The average Bonchev–Trinajstić information content (AvgIpc) is 2.70. The van der Waals surface area contributed by atoms with Crippen molar-refractivity contribution in [3.63, 3.8) is 0 Å². The molecule has 0 fully saturated rings. The lowest BCUT2D eigenvalue weighted by Crippen LogP contribution is -2.14. The van der Waals surface area contributed by atoms with Gasteiger partial charge in [-0.05, 0) is 42.0 Å². The molecule has 0 saturated carbocycles. The van der Waals surface area contributed by atoms with E-state index in [-0.39, 0.29) is 17.4 Å². The summed E-state index contributed by atoms with van der Waals surface area (Å²) in [4.78, 5) is 12.3. The van der Waals surface area contributed by atoms with Crippen LogP contribution in [-0.2, 0) is 10.5 Å². The first kappa shape index (κ1) is 19.8. The molecule has 0 bridgehead atoms. The fraction of sp³-hybridized carbons (Fsp3) is 0.136. The molecule has 3 rings (SSSR count). The van der Waals surface area contributed by atoms with E-state index in [0.29, 0.717) is 22.9 Å². The fourth-order valence-corrected chi connectivity index (χ4v) is 3.30. The number of halogens is 1. The van der Waals surface area contributed by atoms with Gasteiger partial charge in [0.2, 0.25) is 5.91 Å². The van der Waals surface area contributed by atoms with Crippen molar-refractivity contribution in [1.82, 2.24) is 0 Å². The van der Waals surface area contributed by atoms with E-state index in [1.165, 1.54) is 24.9 Å². The van der Waals surface area contributed by atoms with Crippen LogP contribution in [0.3, 0.4) is 0 Å². The summed E-state index contributed by atoms with van der Waals surface area (Å²) in [6.45, 7) is 0. The van der Waals surface area contributed by atoms with Crippen LogP contribution in [-0.4, -0.2) is 18.8 Å². The number of hydrogen-bond donors (Lipinski definition) is 1. The molecule has 4 nitrogen and oxygen atoms in total. The zero-order chi connectivity index (χ0) is 19.8. The minimum atomic E-state index is -0.406. The monoisotopic (exact) mass is 397 g/mol. The molecular weight excluding hydrogens is 377 g/mol. The summed E-state index contributed by atoms with van der Waals surface area (Å²) in [5.41, 5.74) is 1.40. The van der Waals surface area contributed by atoms with Gasteiger partial charge in [0.1, 0.15) is 5.75 Å². The first-order chi connectivity index (χ1) is 13.7. The molecule has 0 aromatic heterocycles. The molecule has 3 aromatic rings. The number of methoxy groups -OCH3 is 1. The summed E-state index contributed by atoms with van der Waals surface area (Å²) in [5.74, 6) is 1.69. The van der Waals surface area contributed by atoms with Crippen LogP contribution in [0.2, 0.25) is 0 Å². The van der Waals surface area contributed by atoms with Gasteiger partial charge < -0.3 is 14.8 Å². The van der Waals surface area contributed by atoms with Crippen molar-refractivity contribution < 1.29 is 18.7 Å². The van der Waals surface area contributed by atoms with E-state index in [1.807, 2.05) is 42.5 Å². The number of carbonyl (C=O) groups is 1. The maximum atomic E-state index is 13.7. The minimum Gasteiger partial charge on any atom is -0.494 e. The van der Waals surface area contributed by atoms with E-state index in [0.717, 1.165) is 5.56 Å². The summed E-state index contributed by atoms with van der Waals surface area (Å²) < 4.78 is 24.5. The first-order valence-electron chi connectivity index (χ1n) is 8.67. The number of para-hydroxylation sites is 3. The quantitative estimate of drug-likeness (QED) is 0.545. The Morgan fingerprint density at radius 1 is 1.00 bits per heavy atom. The molecule has 144 valence electrons. The number of nitrogens with one attached hydrogen (secondary N) is 1. The van der Waals surface area contributed by atoms with E-state index >= 15 is 0 Å². The molecule has 0 unspecified atom stereocenters. The molecule has 0 aliphatic carbocycles. The smallest absolute Gasteiger partial charge is 0.234 e. The second kappa shape index (κ2) is 9.80. The van der Waals surface area contributed by atoms with Crippen molar-refractivity contribution in [1.29, 1.82) is 0 Å². The van der Waals surface area contributed by atoms with Crippen LogP contribution in [0, 0.1) is 5.82 Å². The van der Waals surface area contributed by atoms with Crippen molar-refractivity contribution >= 4 is 23.4 Å². The second-order valence-electron chi connectivity index (χ2n) is 5.92. The summed E-state index contributed by atoms with van der Waals surface area (Å²) in [5, 5.41) is 2.87. The zero-order valence-corrected chi connectivity index (χ0v) is 16.2. The number of thioether (sulfide) groups is 1. The standard InChI is InChI=1S/C22H20FNO3S/c1-26-20-12-11-16(13-18(20)23)14-28-15-22(25)24-19-9-5-6-10-21(19)27-17-7-3-2-4-8-17/h2-13H,14-15H2,1H3,(H,24,25). The van der Waals surface area contributed by atoms with Gasteiger partial charge in [-0.3, -0.25) is 4.79 Å². The molecule has 28 heavy (non-hydrogen) atoms. The van der Waals surface area contributed by atoms with Gasteiger partial charge in [0.05, 0.1) is 18.6 Å². The van der Waals surface area contributed by atoms with Gasteiger partial charge in [-0.1, -0.05) is 36.4 Å². The SMILES string of the molecule is COc1ccc(CSCC(=O)Nc2ccccc2Oc2ccccc2)cc1F. The van der Waals surface area contributed by atoms with Crippen molar-refractivity contribution in [2.45, 2.75) is 5.75 Å². The lowest BCUT2D eigenvalue weighted by molar-refractivity contribution is -0.113. The van der Waals surface area contributed by atoms with E-state index < -0.39 is 5.82 Å². The topological polar surface area (TPSA) is 47.6 Å². The third-order valence-electron chi connectivity index (χ3n) is 3.85. The van der Waals surface area contributed by atoms with Crippen LogP contribution < -0.4 is 14.8 Å². The number of amides is 1. The van der Waals surface area contributed by atoms with Gasteiger partial charge >= 0.3 is 0 Å². The molecular formula is C22H20FNO3S. The minimum absolute atomic E-state index is 0.150. The second-order valence-corrected chi connectivity index (χ2v) is 6.91. The predicted octanol–water partition coefficient (Wildman–Crippen LogP) is 5.50. The van der Waals surface area contributed by atoms with Crippen molar-refractivity contribution in [3.05, 3.63) is 84.2 Å². The Balaban J connectivity index is 1.54. The molecule has 1 amide bonds. The van der Waals surface area contributed by atoms with Crippen LogP contribution in [0.15, 0.2) is 72.8 Å². The molecule has 6 heteroatoms. The number of anilines is 1. The third kappa shape index (κ3) is 5.50. The summed E-state index contributed by atoms with van der Waals surface area (Å²) in [7, 11) is 1.43. The number of ether oxygens (including phenoxy) is 2. The molecule has 0 heterocycles. The normalized spacial score (nSPS) is 10.4. The van der Waals surface area contributed by atoms with E-state index in [1.54, 1.807) is 24.3 Å². The Hall–Kier alpha value is -2.99. The van der Waals surface area contributed by atoms with Crippen LogP contribution in [0.5, 0.6) is 17.2 Å². The Labute approximate surface area is 167 Å². The van der Waals surface area contributed by atoms with E-state index in [2.05, 4.69) is 5.32 Å². The first-order valence-corrected chi connectivity index (χ1v) is 9.83. The predicted molar refractivity (Wildman–Crippen MR) is 111 cm³/mol. The summed E-state index contributed by atoms with van der Waals surface area (Å²) in [6, 6.07) is 21.4. The van der Waals surface area contributed by atoms with Gasteiger partial charge in [-0.15, -0.1) is 11.8 Å². The Kier molecular flexibility index (Phi) is 6.92. The number of rotatable bonds is 8. The van der Waals surface area contributed by atoms with Crippen molar-refractivity contribution in [2.24, 2.45) is 0 Å². The Bertz CT molecular complexity index is 934. The highest BCUT2D eigenvalue weighted by molar-refractivity contribution is 7.99. The largest absolute Gasteiger partial charge is 0.494 e. The maximum absolute atomic E-state index is 13.7. The van der Waals surface area contributed by atoms with Crippen LogP contribution in [0.1, 0.15) is 5.56 Å². The highest BCUT2D eigenvalue weighted by Gasteiger charge is 2.09. The number of hydrogen-bond acceptors (Lipinski definition) is 4. The van der Waals surface area contributed by atoms with Crippen molar-refractivity contribution in [2.75, 3.05) is 18.2 Å². The number of benzene rings is 3. The van der Waals surface area contributed by atoms with Gasteiger partial charge in [0, 0.05) is 5.75 Å². The average molecular weight is 397 g/mol. The zero-order valence-electron chi connectivity index (χ0n) is 15.4. The molecule has 0 spiro atoms. The lowest BCUT2D eigenvalue weighted by atomic mass is 10.2. The van der Waals surface area contributed by atoms with Crippen LogP contribution >= 0.6 is 11.8 Å². The summed E-state index contributed by atoms with van der Waals surface area (Å²) in [6.07, 6.45) is 0. The molecule has 0 aliphatic heterocycles. The molecule has 0 atom stereocenters. The van der Waals surface area contributed by atoms with Gasteiger partial charge in [0.25, 0.3) is 0 Å². The molecule has 3 aromatic carbocycles. The third-order valence-corrected chi connectivity index (χ3v) is 4.85. The van der Waals surface area contributed by atoms with Crippen molar-refractivity contribution in [3.8, 4) is 17.2 Å². The van der Waals surface area contributed by atoms with Crippen LogP contribution in [0.4, 0.5) is 10.1 Å². The molecule has 1 N–H and O–H groups in total. The van der Waals surface area contributed by atoms with E-state index in [9.17, 15) is 9.18 Å². The maximum Gasteiger partial charge on any atom is 0.234 e. The van der Waals surface area contributed by atoms with Crippen LogP contribution in [0.25, 0.3) is 0 Å². The van der Waals surface area contributed by atoms with Gasteiger partial charge in [0.15, 0.2) is 17.3 Å². The summed E-state index contributed by atoms with van der Waals surface area (Å²) >= 11 is 1.41. The molecule has 0 aliphatic rings.